The van der Waals surface area contributed by atoms with Crippen molar-refractivity contribution >= 4 is 37.5 Å². The van der Waals surface area contributed by atoms with Crippen LogP contribution in [0.5, 0.6) is 0 Å². The van der Waals surface area contributed by atoms with E-state index >= 15 is 0 Å². The Balaban J connectivity index is 2.48. The highest BCUT2D eigenvalue weighted by Gasteiger charge is 2.29. The van der Waals surface area contributed by atoms with Crippen molar-refractivity contribution < 1.29 is 21.6 Å². The van der Waals surface area contributed by atoms with Crippen molar-refractivity contribution in [3.8, 4) is 0 Å². The minimum atomic E-state index is -4.57. The average molecular weight is 353 g/mol. The Bertz CT molecular complexity index is 472. The van der Waals surface area contributed by atoms with Gasteiger partial charge in [0, 0.05) is 15.9 Å². The smallest absolute Gasteiger partial charge is 0.197 e. The van der Waals surface area contributed by atoms with Crippen LogP contribution in [0.25, 0.3) is 0 Å². The van der Waals surface area contributed by atoms with Crippen LogP contribution in [0, 0.1) is 0 Å². The van der Waals surface area contributed by atoms with Gasteiger partial charge in [0.25, 0.3) is 10.2 Å². The number of alkyl halides is 3. The van der Waals surface area contributed by atoms with Crippen LogP contribution in [-0.4, -0.2) is 21.1 Å². The van der Waals surface area contributed by atoms with Gasteiger partial charge in [-0.1, -0.05) is 0 Å². The fourth-order valence-corrected chi connectivity index (χ4v) is 3.15. The monoisotopic (exact) mass is 352 g/mol. The van der Waals surface area contributed by atoms with Crippen LogP contribution in [0.1, 0.15) is 4.88 Å². The van der Waals surface area contributed by atoms with E-state index in [2.05, 4.69) is 15.9 Å². The normalized spacial score (nSPS) is 12.9. The molecule has 0 radical (unpaired) electrons. The molecule has 0 aromatic carbocycles. The lowest BCUT2D eigenvalue weighted by Gasteiger charge is -2.09. The standard InChI is InChI=1S/C7H8BrF3N2O2S2/c8-5-1-2-16-6(5)3-12-17(14,15)13-4-7(9,10)11/h1-2,12-13H,3-4H2. The molecule has 4 nitrogen and oxygen atoms in total. The molecule has 2 N–H and O–H groups in total. The highest BCUT2D eigenvalue weighted by atomic mass is 79.9. The van der Waals surface area contributed by atoms with E-state index in [0.29, 0.717) is 9.35 Å². The number of hydrogen-bond donors (Lipinski definition) is 2. The molecule has 0 spiro atoms. The maximum absolute atomic E-state index is 11.8. The Kier molecular flexibility index (Phi) is 4.95. The number of rotatable bonds is 5. The maximum Gasteiger partial charge on any atom is 0.402 e. The van der Waals surface area contributed by atoms with Crippen molar-refractivity contribution in [3.63, 3.8) is 0 Å². The first-order valence-corrected chi connectivity index (χ1v) is 7.38. The van der Waals surface area contributed by atoms with E-state index in [1.165, 1.54) is 16.1 Å². The van der Waals surface area contributed by atoms with Gasteiger partial charge in [-0.05, 0) is 27.4 Å². The zero-order chi connectivity index (χ0) is 13.1. The van der Waals surface area contributed by atoms with Gasteiger partial charge in [-0.3, -0.25) is 0 Å². The van der Waals surface area contributed by atoms with Gasteiger partial charge in [0.15, 0.2) is 0 Å². The van der Waals surface area contributed by atoms with Crippen molar-refractivity contribution in [1.82, 2.24) is 9.44 Å². The first-order valence-electron chi connectivity index (χ1n) is 4.22. The average Bonchev–Trinajstić information content (AvgIpc) is 2.58. The van der Waals surface area contributed by atoms with E-state index in [0.717, 1.165) is 0 Å². The van der Waals surface area contributed by atoms with E-state index < -0.39 is 22.9 Å². The summed E-state index contributed by atoms with van der Waals surface area (Å²) in [6, 6.07) is 1.72. The molecule has 1 rings (SSSR count). The summed E-state index contributed by atoms with van der Waals surface area (Å²) in [6.07, 6.45) is -4.57. The summed E-state index contributed by atoms with van der Waals surface area (Å²) in [5.74, 6) is 0. The Morgan fingerprint density at radius 1 is 1.35 bits per heavy atom. The van der Waals surface area contributed by atoms with E-state index in [4.69, 9.17) is 0 Å². The first-order chi connectivity index (χ1) is 7.70. The molecule has 0 aliphatic heterocycles. The largest absolute Gasteiger partial charge is 0.402 e. The lowest BCUT2D eigenvalue weighted by Crippen LogP contribution is -2.41. The van der Waals surface area contributed by atoms with Crippen LogP contribution in [0.4, 0.5) is 13.2 Å². The molecular formula is C7H8BrF3N2O2S2. The van der Waals surface area contributed by atoms with E-state index in [-0.39, 0.29) is 6.54 Å². The van der Waals surface area contributed by atoms with Crippen LogP contribution in [0.3, 0.4) is 0 Å². The molecular weight excluding hydrogens is 345 g/mol. The third-order valence-corrected chi connectivity index (χ3v) is 4.55. The zero-order valence-corrected chi connectivity index (χ0v) is 11.4. The Labute approximate surface area is 109 Å². The highest BCUT2D eigenvalue weighted by molar-refractivity contribution is 9.10. The van der Waals surface area contributed by atoms with Gasteiger partial charge < -0.3 is 0 Å². The summed E-state index contributed by atoms with van der Waals surface area (Å²) in [7, 11) is -4.14. The molecule has 0 aliphatic rings. The predicted molar refractivity (Wildman–Crippen MR) is 61.8 cm³/mol. The number of thiophene rings is 1. The molecule has 0 amide bonds. The summed E-state index contributed by atoms with van der Waals surface area (Å²) < 4.78 is 61.8. The summed E-state index contributed by atoms with van der Waals surface area (Å²) in [5, 5.41) is 1.73. The lowest BCUT2D eigenvalue weighted by molar-refractivity contribution is -0.121. The molecule has 1 aromatic heterocycles. The minimum Gasteiger partial charge on any atom is -0.197 e. The van der Waals surface area contributed by atoms with Gasteiger partial charge in [-0.2, -0.15) is 31.0 Å². The second-order valence-corrected chi connectivity index (χ2v) is 6.39. The molecule has 0 fully saturated rings. The SMILES string of the molecule is O=S(=O)(NCc1sccc1Br)NCC(F)(F)F. The quantitative estimate of drug-likeness (QED) is 0.851. The maximum atomic E-state index is 11.8. The van der Waals surface area contributed by atoms with Crippen LogP contribution in [0.2, 0.25) is 0 Å². The predicted octanol–water partition coefficient (Wildman–Crippen LogP) is 2.00. The first kappa shape index (κ1) is 14.9. The van der Waals surface area contributed by atoms with Crippen LogP contribution >= 0.6 is 27.3 Å². The number of nitrogens with one attached hydrogen (secondary N) is 2. The molecule has 17 heavy (non-hydrogen) atoms. The lowest BCUT2D eigenvalue weighted by atomic mass is 10.5. The number of halogens is 4. The highest BCUT2D eigenvalue weighted by Crippen LogP contribution is 2.22. The van der Waals surface area contributed by atoms with Gasteiger partial charge in [0.2, 0.25) is 0 Å². The molecule has 1 aromatic rings. The molecule has 0 aliphatic carbocycles. The topological polar surface area (TPSA) is 58.2 Å². The molecule has 0 unspecified atom stereocenters. The van der Waals surface area contributed by atoms with Crippen molar-refractivity contribution in [2.24, 2.45) is 0 Å². The molecule has 98 valence electrons. The van der Waals surface area contributed by atoms with Gasteiger partial charge in [-0.15, -0.1) is 11.3 Å². The van der Waals surface area contributed by atoms with Crippen molar-refractivity contribution in [1.29, 1.82) is 0 Å². The van der Waals surface area contributed by atoms with Crippen LogP contribution < -0.4 is 9.44 Å². The second kappa shape index (κ2) is 5.65. The summed E-state index contributed by atoms with van der Waals surface area (Å²) in [6.45, 7) is -1.65. The van der Waals surface area contributed by atoms with Crippen molar-refractivity contribution in [3.05, 3.63) is 20.8 Å². The van der Waals surface area contributed by atoms with Crippen LogP contribution in [-0.2, 0) is 16.8 Å². The van der Waals surface area contributed by atoms with Crippen molar-refractivity contribution in [2.75, 3.05) is 6.54 Å². The van der Waals surface area contributed by atoms with Gasteiger partial charge in [-0.25, -0.2) is 0 Å². The van der Waals surface area contributed by atoms with Crippen LogP contribution in [0.15, 0.2) is 15.9 Å². The Morgan fingerprint density at radius 3 is 2.47 bits per heavy atom. The molecule has 1 heterocycles. The van der Waals surface area contributed by atoms with Gasteiger partial charge in [0.05, 0.1) is 0 Å². The molecule has 10 heteroatoms. The van der Waals surface area contributed by atoms with E-state index in [1.54, 1.807) is 11.4 Å². The second-order valence-electron chi connectivity index (χ2n) is 2.95. The molecule has 0 saturated heterocycles. The Hall–Kier alpha value is -0.160. The molecule has 0 saturated carbocycles. The summed E-state index contributed by atoms with van der Waals surface area (Å²) in [5.41, 5.74) is 0. The fraction of sp³-hybridized carbons (Fsp3) is 0.429. The summed E-state index contributed by atoms with van der Waals surface area (Å²) >= 11 is 4.47. The minimum absolute atomic E-state index is 0.0640. The summed E-state index contributed by atoms with van der Waals surface area (Å²) in [4.78, 5) is 0.683. The van der Waals surface area contributed by atoms with Gasteiger partial charge >= 0.3 is 6.18 Å². The zero-order valence-electron chi connectivity index (χ0n) is 8.21. The van der Waals surface area contributed by atoms with Gasteiger partial charge in [0.1, 0.15) is 6.54 Å². The van der Waals surface area contributed by atoms with E-state index in [9.17, 15) is 21.6 Å². The van der Waals surface area contributed by atoms with Crippen molar-refractivity contribution in [2.45, 2.75) is 12.7 Å². The molecule has 0 atom stereocenters. The van der Waals surface area contributed by atoms with E-state index in [1.807, 2.05) is 4.72 Å². The third-order valence-electron chi connectivity index (χ3n) is 1.58. The fourth-order valence-electron chi connectivity index (χ4n) is 0.840. The third kappa shape index (κ3) is 5.82. The Morgan fingerprint density at radius 2 is 2.00 bits per heavy atom. The number of hydrogen-bond acceptors (Lipinski definition) is 3. The molecule has 0 bridgehead atoms.